The second kappa shape index (κ2) is 10.5. The Bertz CT molecular complexity index is 2090. The lowest BCUT2D eigenvalue weighted by molar-refractivity contribution is 0.477. The van der Waals surface area contributed by atoms with Crippen LogP contribution in [-0.4, -0.2) is 19.6 Å². The third-order valence-corrected chi connectivity index (χ3v) is 7.40. The van der Waals surface area contributed by atoms with Crippen LogP contribution in [0.3, 0.4) is 0 Å². The van der Waals surface area contributed by atoms with Crippen molar-refractivity contribution in [3.63, 3.8) is 0 Å². The summed E-state index contributed by atoms with van der Waals surface area (Å²) in [5.41, 5.74) is 9.33. The van der Waals surface area contributed by atoms with Gasteiger partial charge in [0.25, 0.3) is 0 Å². The van der Waals surface area contributed by atoms with Crippen LogP contribution in [0.1, 0.15) is 5.56 Å². The zero-order valence-corrected chi connectivity index (χ0v) is 22.5. The van der Waals surface area contributed by atoms with E-state index >= 15 is 0 Å². The fourth-order valence-corrected chi connectivity index (χ4v) is 5.38. The number of nitrogens with zero attached hydrogens (tertiary/aromatic N) is 4. The van der Waals surface area contributed by atoms with Gasteiger partial charge in [-0.05, 0) is 71.3 Å². The summed E-state index contributed by atoms with van der Waals surface area (Å²) in [6.45, 7) is 0. The molecule has 0 unspecified atom stereocenters. The van der Waals surface area contributed by atoms with Crippen LogP contribution in [0.15, 0.2) is 140 Å². The van der Waals surface area contributed by atoms with E-state index in [0.29, 0.717) is 17.0 Å². The number of para-hydroxylation sites is 1. The molecule has 7 rings (SSSR count). The predicted octanol–water partition coefficient (Wildman–Crippen LogP) is 8.67. The number of rotatable bonds is 5. The fourth-order valence-electron chi connectivity index (χ4n) is 5.38. The van der Waals surface area contributed by atoms with E-state index in [-0.39, 0.29) is 5.75 Å². The number of benzene rings is 5. The first-order chi connectivity index (χ1) is 20.7. The number of fused-ring (bicyclic) bond motifs is 1. The summed E-state index contributed by atoms with van der Waals surface area (Å²) >= 11 is 0. The Morgan fingerprint density at radius 2 is 1.33 bits per heavy atom. The molecule has 0 aliphatic carbocycles. The molecule has 5 aromatic carbocycles. The molecule has 42 heavy (non-hydrogen) atoms. The van der Waals surface area contributed by atoms with E-state index in [1.807, 2.05) is 95.6 Å². The van der Waals surface area contributed by atoms with Crippen LogP contribution in [0.5, 0.6) is 5.75 Å². The number of pyridine rings is 1. The number of hydrogen-bond acceptors (Lipinski definition) is 4. The first-order valence-electron chi connectivity index (χ1n) is 13.6. The lowest BCUT2D eigenvalue weighted by atomic mass is 9.98. The minimum Gasteiger partial charge on any atom is -0.507 e. The number of phenols is 1. The Balaban J connectivity index is 1.48. The number of imidazole rings is 1. The lowest BCUT2D eigenvalue weighted by Gasteiger charge is -2.12. The molecule has 7 aromatic rings. The molecule has 0 fully saturated rings. The van der Waals surface area contributed by atoms with E-state index in [2.05, 4.69) is 41.4 Å². The molecule has 1 N–H and O–H groups in total. The van der Waals surface area contributed by atoms with Gasteiger partial charge in [0, 0.05) is 23.0 Å². The smallest absolute Gasteiger partial charge is 0.149 e. The molecule has 0 spiro atoms. The van der Waals surface area contributed by atoms with Gasteiger partial charge in [-0.1, -0.05) is 78.9 Å². The number of nitriles is 1. The molecule has 0 aliphatic rings. The molecule has 0 atom stereocenters. The highest BCUT2D eigenvalue weighted by Crippen LogP contribution is 2.39. The van der Waals surface area contributed by atoms with Gasteiger partial charge in [0.1, 0.15) is 11.6 Å². The third kappa shape index (κ3) is 4.47. The van der Waals surface area contributed by atoms with Crippen LogP contribution in [0.25, 0.3) is 61.6 Å². The maximum absolute atomic E-state index is 10.9. The maximum Gasteiger partial charge on any atom is 0.149 e. The minimum atomic E-state index is 0.133. The summed E-state index contributed by atoms with van der Waals surface area (Å²) in [6, 6.07) is 45.7. The Kier molecular flexibility index (Phi) is 6.27. The summed E-state index contributed by atoms with van der Waals surface area (Å²) in [6.07, 6.45) is 1.78. The summed E-state index contributed by atoms with van der Waals surface area (Å²) in [5, 5.41) is 21.0. The van der Waals surface area contributed by atoms with Crippen LogP contribution >= 0.6 is 0 Å². The number of aromatic hydroxyl groups is 1. The molecule has 0 aliphatic heterocycles. The van der Waals surface area contributed by atoms with Gasteiger partial charge in [-0.15, -0.1) is 0 Å². The van der Waals surface area contributed by atoms with Gasteiger partial charge in [0.2, 0.25) is 0 Å². The van der Waals surface area contributed by atoms with Gasteiger partial charge in [0.15, 0.2) is 0 Å². The molecule has 0 saturated heterocycles. The van der Waals surface area contributed by atoms with Gasteiger partial charge in [-0.3, -0.25) is 9.55 Å². The van der Waals surface area contributed by atoms with Gasteiger partial charge in [-0.25, -0.2) is 4.98 Å². The SMILES string of the molecule is N#Cc1cc(-c2cccc(-c3ccccn3)c2)c2nc(-c3ccccc3O)n(-c3ccc(-c4ccccc4)cc3)c2c1. The molecular formula is C37H24N4O. The number of hydrogen-bond donors (Lipinski definition) is 1. The number of aromatic nitrogens is 3. The molecule has 0 bridgehead atoms. The quantitative estimate of drug-likeness (QED) is 0.237. The van der Waals surface area contributed by atoms with Crippen molar-refractivity contribution in [3.05, 3.63) is 145 Å². The van der Waals surface area contributed by atoms with E-state index < -0.39 is 0 Å². The molecule has 5 nitrogen and oxygen atoms in total. The zero-order chi connectivity index (χ0) is 28.5. The molecule has 0 amide bonds. The van der Waals surface area contributed by atoms with Gasteiger partial charge < -0.3 is 5.11 Å². The molecule has 198 valence electrons. The minimum absolute atomic E-state index is 0.133. The topological polar surface area (TPSA) is 74.7 Å². The van der Waals surface area contributed by atoms with Crippen molar-refractivity contribution < 1.29 is 5.11 Å². The van der Waals surface area contributed by atoms with Gasteiger partial charge in [0.05, 0.1) is 33.9 Å². The molecule has 0 radical (unpaired) electrons. The van der Waals surface area contributed by atoms with Gasteiger partial charge >= 0.3 is 0 Å². The van der Waals surface area contributed by atoms with Crippen LogP contribution in [0.2, 0.25) is 0 Å². The van der Waals surface area contributed by atoms with Gasteiger partial charge in [-0.2, -0.15) is 5.26 Å². The maximum atomic E-state index is 10.9. The van der Waals surface area contributed by atoms with E-state index in [4.69, 9.17) is 4.98 Å². The molecule has 0 saturated carbocycles. The van der Waals surface area contributed by atoms with E-state index in [1.165, 1.54) is 0 Å². The van der Waals surface area contributed by atoms with Crippen molar-refractivity contribution >= 4 is 11.0 Å². The molecular weight excluding hydrogens is 516 g/mol. The summed E-state index contributed by atoms with van der Waals surface area (Å²) < 4.78 is 2.02. The monoisotopic (exact) mass is 540 g/mol. The van der Waals surface area contributed by atoms with Crippen LogP contribution in [0, 0.1) is 11.3 Å². The molecule has 5 heteroatoms. The lowest BCUT2D eigenvalue weighted by Crippen LogP contribution is -1.98. The highest BCUT2D eigenvalue weighted by molar-refractivity contribution is 5.97. The Morgan fingerprint density at radius 1 is 0.619 bits per heavy atom. The second-order valence-corrected chi connectivity index (χ2v) is 10.00. The molecule has 2 heterocycles. The van der Waals surface area contributed by atoms with Crippen molar-refractivity contribution in [1.29, 1.82) is 5.26 Å². The average Bonchev–Trinajstić information content (AvgIpc) is 3.44. The Morgan fingerprint density at radius 3 is 2.10 bits per heavy atom. The molecule has 2 aromatic heterocycles. The van der Waals surface area contributed by atoms with Crippen molar-refractivity contribution in [2.45, 2.75) is 0 Å². The Labute approximate surface area is 243 Å². The summed E-state index contributed by atoms with van der Waals surface area (Å²) in [5.74, 6) is 0.724. The third-order valence-electron chi connectivity index (χ3n) is 7.40. The fraction of sp³-hybridized carbons (Fsp3) is 0. The van der Waals surface area contributed by atoms with Crippen LogP contribution < -0.4 is 0 Å². The zero-order valence-electron chi connectivity index (χ0n) is 22.5. The van der Waals surface area contributed by atoms with E-state index in [1.54, 1.807) is 18.3 Å². The highest BCUT2D eigenvalue weighted by Gasteiger charge is 2.21. The van der Waals surface area contributed by atoms with Crippen molar-refractivity contribution in [2.75, 3.05) is 0 Å². The normalized spacial score (nSPS) is 10.9. The largest absolute Gasteiger partial charge is 0.507 e. The number of phenolic OH excluding ortho intramolecular Hbond substituents is 1. The standard InChI is InChI=1S/C37H24N4O/c38-24-25-21-32(28-11-8-12-29(23-28)33-14-6-7-20-39-33)36-34(22-25)41(37(40-36)31-13-4-5-15-35(31)42)30-18-16-27(17-19-30)26-9-2-1-3-10-26/h1-23,42H. The average molecular weight is 541 g/mol. The Hall–Kier alpha value is -5.99. The predicted molar refractivity (Wildman–Crippen MR) is 167 cm³/mol. The summed E-state index contributed by atoms with van der Waals surface area (Å²) in [4.78, 5) is 9.65. The van der Waals surface area contributed by atoms with E-state index in [9.17, 15) is 10.4 Å². The summed E-state index contributed by atoms with van der Waals surface area (Å²) in [7, 11) is 0. The first kappa shape index (κ1) is 25.0. The first-order valence-corrected chi connectivity index (χ1v) is 13.6. The van der Waals surface area contributed by atoms with Crippen LogP contribution in [0.4, 0.5) is 0 Å². The van der Waals surface area contributed by atoms with Crippen molar-refractivity contribution in [3.8, 4) is 62.4 Å². The van der Waals surface area contributed by atoms with Crippen molar-refractivity contribution in [1.82, 2.24) is 14.5 Å². The highest BCUT2D eigenvalue weighted by atomic mass is 16.3. The second-order valence-electron chi connectivity index (χ2n) is 10.00. The van der Waals surface area contributed by atoms with Crippen LogP contribution in [-0.2, 0) is 0 Å². The van der Waals surface area contributed by atoms with E-state index in [0.717, 1.165) is 50.2 Å². The van der Waals surface area contributed by atoms with Crippen molar-refractivity contribution in [2.24, 2.45) is 0 Å².